The Morgan fingerprint density at radius 1 is 0.980 bits per heavy atom. The van der Waals surface area contributed by atoms with Crippen LogP contribution in [0, 0.1) is 11.8 Å². The Hall–Kier alpha value is -3.95. The lowest BCUT2D eigenvalue weighted by Crippen LogP contribution is -2.55. The first-order chi connectivity index (χ1) is 23.8. The Labute approximate surface area is 303 Å². The third-order valence-electron chi connectivity index (χ3n) is 7.92. The maximum atomic E-state index is 13.7. The summed E-state index contributed by atoms with van der Waals surface area (Å²) in [5.74, 6) is -0.0634. The van der Waals surface area contributed by atoms with E-state index in [-0.39, 0.29) is 36.5 Å². The number of carbonyl (C=O) groups excluding carboxylic acids is 3. The maximum Gasteiger partial charge on any atom is 0.407 e. The van der Waals surface area contributed by atoms with Crippen molar-refractivity contribution in [3.8, 4) is 0 Å². The van der Waals surface area contributed by atoms with Gasteiger partial charge in [0.25, 0.3) is 0 Å². The fraction of sp³-hybridized carbons (Fsp3) is 0.625. The Bertz CT molecular complexity index is 1240. The Kier molecular flexibility index (Phi) is 24.7. The van der Waals surface area contributed by atoms with Crippen molar-refractivity contribution in [2.75, 3.05) is 20.2 Å². The smallest absolute Gasteiger partial charge is 0.407 e. The number of rotatable bonds is 17. The molecule has 1 heterocycles. The number of amides is 4. The highest BCUT2D eigenvalue weighted by atomic mass is 16.5. The quantitative estimate of drug-likeness (QED) is 0.141. The Balaban J connectivity index is 0.00000454. The number of urea groups is 1. The molecule has 0 aliphatic carbocycles. The summed E-state index contributed by atoms with van der Waals surface area (Å²) >= 11 is 0. The molecule has 0 fully saturated rings. The molecule has 1 aliphatic heterocycles. The van der Waals surface area contributed by atoms with Crippen molar-refractivity contribution in [3.05, 3.63) is 59.4 Å². The first kappa shape index (κ1) is 46.0. The average molecular weight is 697 g/mol. The van der Waals surface area contributed by atoms with E-state index in [2.05, 4.69) is 53.6 Å². The van der Waals surface area contributed by atoms with E-state index in [1.54, 1.807) is 24.4 Å². The van der Waals surface area contributed by atoms with Gasteiger partial charge in [-0.15, -0.1) is 0 Å². The first-order valence-corrected chi connectivity index (χ1v) is 18.5. The lowest BCUT2D eigenvalue weighted by molar-refractivity contribution is -0.124. The number of allylic oxidation sites excluding steroid dienone is 1. The summed E-state index contributed by atoms with van der Waals surface area (Å²) in [6.07, 6.45) is 9.51. The van der Waals surface area contributed by atoms with E-state index >= 15 is 0 Å². The molecule has 3 atom stereocenters. The van der Waals surface area contributed by atoms with Crippen molar-refractivity contribution in [1.82, 2.24) is 20.9 Å². The SMILES string of the molecule is C/C=C(/CN(C)C(=O)NC(C(=O)NC(CCC(CC)NC(=O)OCC1=CN=CC1)Cc1ccccc1)C(C)C)N=C(C)C(C)C.CC.CCC. The second-order valence-corrected chi connectivity index (χ2v) is 13.0. The molecule has 3 N–H and O–H groups in total. The number of hydrogen-bond acceptors (Lipinski definition) is 6. The third kappa shape index (κ3) is 19.3. The zero-order chi connectivity index (χ0) is 38.1. The molecule has 0 aromatic heterocycles. The molecule has 0 bridgehead atoms. The van der Waals surface area contributed by atoms with E-state index < -0.39 is 12.1 Å². The predicted molar refractivity (Wildman–Crippen MR) is 210 cm³/mol. The molecule has 0 saturated heterocycles. The summed E-state index contributed by atoms with van der Waals surface area (Å²) < 4.78 is 5.38. The first-order valence-electron chi connectivity index (χ1n) is 18.5. The van der Waals surface area contributed by atoms with E-state index in [9.17, 15) is 14.4 Å². The molecule has 10 heteroatoms. The molecule has 10 nitrogen and oxygen atoms in total. The number of benzene rings is 1. The number of nitrogens with zero attached hydrogens (tertiary/aromatic N) is 3. The van der Waals surface area contributed by atoms with Gasteiger partial charge in [0.15, 0.2) is 0 Å². The number of aliphatic imine (C=N–C) groups is 2. The monoisotopic (exact) mass is 697 g/mol. The van der Waals surface area contributed by atoms with Crippen LogP contribution in [0.25, 0.3) is 0 Å². The maximum absolute atomic E-state index is 13.7. The van der Waals surface area contributed by atoms with Crippen LogP contribution in [0.5, 0.6) is 0 Å². The lowest BCUT2D eigenvalue weighted by atomic mass is 9.97. The zero-order valence-corrected chi connectivity index (χ0v) is 33.1. The highest BCUT2D eigenvalue weighted by Crippen LogP contribution is 2.14. The van der Waals surface area contributed by atoms with E-state index in [0.717, 1.165) is 29.0 Å². The second kappa shape index (κ2) is 26.9. The van der Waals surface area contributed by atoms with Crippen LogP contribution in [-0.4, -0.2) is 73.2 Å². The van der Waals surface area contributed by atoms with Crippen molar-refractivity contribution in [2.45, 2.75) is 133 Å². The van der Waals surface area contributed by atoms with Crippen LogP contribution in [0.15, 0.2) is 63.9 Å². The van der Waals surface area contributed by atoms with E-state index in [1.165, 1.54) is 6.42 Å². The highest BCUT2D eigenvalue weighted by molar-refractivity contribution is 5.88. The van der Waals surface area contributed by atoms with Crippen LogP contribution in [0.3, 0.4) is 0 Å². The number of likely N-dealkylation sites (N-methyl/N-ethyl adjacent to an activating group) is 1. The van der Waals surface area contributed by atoms with Gasteiger partial charge in [0.2, 0.25) is 5.91 Å². The molecule has 2 rings (SSSR count). The number of carbonyl (C=O) groups is 3. The van der Waals surface area contributed by atoms with Crippen LogP contribution in [0.1, 0.15) is 114 Å². The summed E-state index contributed by atoms with van der Waals surface area (Å²) in [6.45, 7) is 22.7. The summed E-state index contributed by atoms with van der Waals surface area (Å²) in [4.78, 5) is 49.6. The largest absolute Gasteiger partial charge is 0.445 e. The van der Waals surface area contributed by atoms with Crippen LogP contribution < -0.4 is 16.0 Å². The van der Waals surface area contributed by atoms with Crippen molar-refractivity contribution in [3.63, 3.8) is 0 Å². The number of nitrogens with one attached hydrogen (secondary N) is 3. The summed E-state index contributed by atoms with van der Waals surface area (Å²) in [5, 5.41) is 9.11. The van der Waals surface area contributed by atoms with Crippen LogP contribution >= 0.6 is 0 Å². The minimum Gasteiger partial charge on any atom is -0.445 e. The van der Waals surface area contributed by atoms with Gasteiger partial charge in [-0.2, -0.15) is 0 Å². The fourth-order valence-electron chi connectivity index (χ4n) is 4.68. The molecule has 0 radical (unpaired) electrons. The minimum absolute atomic E-state index is 0.112. The van der Waals surface area contributed by atoms with Gasteiger partial charge in [-0.1, -0.05) is 105 Å². The fourth-order valence-corrected chi connectivity index (χ4v) is 4.68. The third-order valence-corrected chi connectivity index (χ3v) is 7.92. The lowest BCUT2D eigenvalue weighted by Gasteiger charge is -2.28. The van der Waals surface area contributed by atoms with Crippen molar-refractivity contribution < 1.29 is 19.1 Å². The van der Waals surface area contributed by atoms with Gasteiger partial charge in [0.1, 0.15) is 12.6 Å². The molecule has 282 valence electrons. The van der Waals surface area contributed by atoms with Crippen molar-refractivity contribution in [2.24, 2.45) is 21.8 Å². The molecule has 0 spiro atoms. The second-order valence-electron chi connectivity index (χ2n) is 13.0. The minimum atomic E-state index is -0.725. The van der Waals surface area contributed by atoms with Gasteiger partial charge in [0, 0.05) is 43.7 Å². The zero-order valence-electron chi connectivity index (χ0n) is 33.1. The number of alkyl carbamates (subject to hydrolysis) is 1. The molecule has 3 unspecified atom stereocenters. The highest BCUT2D eigenvalue weighted by Gasteiger charge is 2.28. The van der Waals surface area contributed by atoms with Crippen LogP contribution in [0.2, 0.25) is 0 Å². The molecular weight excluding hydrogens is 628 g/mol. The molecule has 4 amide bonds. The van der Waals surface area contributed by atoms with Gasteiger partial charge >= 0.3 is 12.1 Å². The predicted octanol–water partition coefficient (Wildman–Crippen LogP) is 8.49. The Morgan fingerprint density at radius 2 is 1.60 bits per heavy atom. The number of ether oxygens (including phenoxy) is 1. The molecule has 50 heavy (non-hydrogen) atoms. The standard InChI is InChI=1S/C35H54N6O4.C3H8.C2H6/c1-9-29(39-35(44)45-23-28-18-19-36-21-28)16-17-31(20-27-14-12-11-13-15-27)38-33(42)32(25(5)6)40-34(43)41(8)22-30(10-2)37-26(7)24(3)4;1-3-2;1-2/h10-15,19,21,24-25,29,31-32H,9,16-18,20,22-23H2,1-8H3,(H,38,42)(H,39,44)(H,40,43);3H2,1-2H3;1-2H3/b30-10-,37-26?;;. The molecule has 1 aromatic rings. The molecule has 1 aromatic carbocycles. The molecule has 1 aliphatic rings. The molecular formula is C40H68N6O4. The van der Waals surface area contributed by atoms with Crippen LogP contribution in [-0.2, 0) is 16.0 Å². The van der Waals surface area contributed by atoms with Crippen LogP contribution in [0.4, 0.5) is 9.59 Å². The summed E-state index contributed by atoms with van der Waals surface area (Å²) in [5.41, 5.74) is 3.84. The van der Waals surface area contributed by atoms with E-state index in [0.29, 0.717) is 38.1 Å². The van der Waals surface area contributed by atoms with Gasteiger partial charge in [-0.3, -0.25) is 14.8 Å². The van der Waals surface area contributed by atoms with Crippen molar-refractivity contribution >= 4 is 30.0 Å². The summed E-state index contributed by atoms with van der Waals surface area (Å²) in [6, 6.07) is 8.60. The van der Waals surface area contributed by atoms with Gasteiger partial charge in [-0.25, -0.2) is 9.59 Å². The van der Waals surface area contributed by atoms with E-state index in [4.69, 9.17) is 4.74 Å². The number of hydrogen-bond donors (Lipinski definition) is 3. The normalized spacial score (nSPS) is 14.3. The van der Waals surface area contributed by atoms with Crippen molar-refractivity contribution in [1.29, 1.82) is 0 Å². The Morgan fingerprint density at radius 3 is 2.12 bits per heavy atom. The topological polar surface area (TPSA) is 124 Å². The van der Waals surface area contributed by atoms with Gasteiger partial charge in [0.05, 0.1) is 12.2 Å². The average Bonchev–Trinajstić information content (AvgIpc) is 3.62. The van der Waals surface area contributed by atoms with E-state index in [1.807, 2.05) is 84.9 Å². The summed E-state index contributed by atoms with van der Waals surface area (Å²) in [7, 11) is 1.70. The van der Waals surface area contributed by atoms with Gasteiger partial charge < -0.3 is 25.6 Å². The van der Waals surface area contributed by atoms with Gasteiger partial charge in [-0.05, 0) is 62.5 Å². The molecule has 0 saturated carbocycles.